The van der Waals surface area contributed by atoms with E-state index in [0.29, 0.717) is 24.3 Å². The van der Waals surface area contributed by atoms with Gasteiger partial charge in [-0.2, -0.15) is 0 Å². The van der Waals surface area contributed by atoms with E-state index in [1.165, 1.54) is 6.07 Å². The van der Waals surface area contributed by atoms with Gasteiger partial charge in [-0.05, 0) is 12.1 Å². The van der Waals surface area contributed by atoms with Gasteiger partial charge in [-0.15, -0.1) is 0 Å². The molecule has 0 spiro atoms. The number of carbonyl (C=O) groups excluding carboxylic acids is 2. The summed E-state index contributed by atoms with van der Waals surface area (Å²) in [4.78, 5) is 22.1. The van der Waals surface area contributed by atoms with Crippen molar-refractivity contribution in [2.24, 2.45) is 0 Å². The van der Waals surface area contributed by atoms with Crippen molar-refractivity contribution >= 4 is 11.9 Å². The van der Waals surface area contributed by atoms with Crippen molar-refractivity contribution in [3.8, 4) is 11.5 Å². The van der Waals surface area contributed by atoms with Gasteiger partial charge in [0.05, 0.1) is 0 Å². The normalized spacial score (nSPS) is 9.06. The van der Waals surface area contributed by atoms with E-state index in [9.17, 15) is 9.59 Å². The minimum atomic E-state index is -0.320. The zero-order valence-electron chi connectivity index (χ0n) is 9.66. The Hall–Kier alpha value is -1.10. The van der Waals surface area contributed by atoms with Crippen molar-refractivity contribution in [1.29, 1.82) is 0 Å². The van der Waals surface area contributed by atoms with Gasteiger partial charge in [-0.3, -0.25) is 9.59 Å². The average molecular weight is 330 g/mol. The van der Waals surface area contributed by atoms with Crippen molar-refractivity contribution in [2.75, 3.05) is 0 Å². The standard InChI is InChI=1S/C12H14O4.Ag/c1-3-11(13)15-9-6-5-7-10(8-9)16-12(14)4-2;/h5-8H,3-4H2,1-2H3;. The molecule has 97 valence electrons. The van der Waals surface area contributed by atoms with Gasteiger partial charge in [0.2, 0.25) is 0 Å². The topological polar surface area (TPSA) is 52.6 Å². The molecule has 0 fully saturated rings. The Morgan fingerprint density at radius 3 is 1.76 bits per heavy atom. The molecular weight excluding hydrogens is 316 g/mol. The Kier molecular flexibility index (Phi) is 7.54. The fraction of sp³-hybridized carbons (Fsp3) is 0.333. The third-order valence-corrected chi connectivity index (χ3v) is 1.85. The summed E-state index contributed by atoms with van der Waals surface area (Å²) in [7, 11) is 0. The first-order valence-corrected chi connectivity index (χ1v) is 5.17. The van der Waals surface area contributed by atoms with Crippen molar-refractivity contribution in [2.45, 2.75) is 26.7 Å². The molecule has 0 heterocycles. The monoisotopic (exact) mass is 329 g/mol. The van der Waals surface area contributed by atoms with Gasteiger partial charge in [0.1, 0.15) is 11.5 Å². The number of hydrogen-bond acceptors (Lipinski definition) is 4. The Morgan fingerprint density at radius 1 is 1.00 bits per heavy atom. The van der Waals surface area contributed by atoms with Crippen LogP contribution in [0.4, 0.5) is 0 Å². The molecular formula is C12H14AgO4. The van der Waals surface area contributed by atoms with Crippen molar-refractivity contribution < 1.29 is 41.4 Å². The summed E-state index contributed by atoms with van der Waals surface area (Å²) in [6, 6.07) is 6.45. The summed E-state index contributed by atoms with van der Waals surface area (Å²) in [5.41, 5.74) is 0. The molecule has 0 aliphatic rings. The van der Waals surface area contributed by atoms with E-state index in [-0.39, 0.29) is 34.3 Å². The minimum absolute atomic E-state index is 0. The van der Waals surface area contributed by atoms with Crippen molar-refractivity contribution in [3.05, 3.63) is 24.3 Å². The zero-order chi connectivity index (χ0) is 12.0. The molecule has 0 amide bonds. The van der Waals surface area contributed by atoms with E-state index in [1.807, 2.05) is 0 Å². The number of hydrogen-bond donors (Lipinski definition) is 0. The smallest absolute Gasteiger partial charge is 0.310 e. The summed E-state index contributed by atoms with van der Waals surface area (Å²) < 4.78 is 9.98. The van der Waals surface area contributed by atoms with Gasteiger partial charge in [0.25, 0.3) is 0 Å². The number of esters is 2. The first-order valence-electron chi connectivity index (χ1n) is 5.17. The van der Waals surface area contributed by atoms with Gasteiger partial charge in [0, 0.05) is 41.3 Å². The molecule has 5 heteroatoms. The third kappa shape index (κ3) is 5.68. The number of carbonyl (C=O) groups is 2. The summed E-state index contributed by atoms with van der Waals surface area (Å²) in [6.07, 6.45) is 0.609. The van der Waals surface area contributed by atoms with Crippen LogP contribution in [-0.4, -0.2) is 11.9 Å². The molecule has 0 aromatic heterocycles. The second-order valence-corrected chi connectivity index (χ2v) is 3.13. The predicted molar refractivity (Wildman–Crippen MR) is 58.3 cm³/mol. The molecule has 0 N–H and O–H groups in total. The molecule has 0 unspecified atom stereocenters. The molecule has 0 aliphatic carbocycles. The van der Waals surface area contributed by atoms with Crippen LogP contribution in [0.2, 0.25) is 0 Å². The van der Waals surface area contributed by atoms with Crippen LogP contribution in [0.15, 0.2) is 24.3 Å². The molecule has 0 saturated heterocycles. The van der Waals surface area contributed by atoms with E-state index >= 15 is 0 Å². The van der Waals surface area contributed by atoms with Gasteiger partial charge >= 0.3 is 11.9 Å². The Labute approximate surface area is 116 Å². The van der Waals surface area contributed by atoms with Crippen LogP contribution >= 0.6 is 0 Å². The molecule has 4 nitrogen and oxygen atoms in total. The van der Waals surface area contributed by atoms with Crippen molar-refractivity contribution in [3.63, 3.8) is 0 Å². The van der Waals surface area contributed by atoms with E-state index < -0.39 is 0 Å². The van der Waals surface area contributed by atoms with Crippen LogP contribution in [0.5, 0.6) is 11.5 Å². The van der Waals surface area contributed by atoms with E-state index in [2.05, 4.69) is 0 Å². The molecule has 1 aromatic carbocycles. The number of ether oxygens (including phenoxy) is 2. The van der Waals surface area contributed by atoms with Crippen LogP contribution in [-0.2, 0) is 32.0 Å². The SMILES string of the molecule is CCC(=O)Oc1cccc(OC(=O)CC)c1.[Ag]. The third-order valence-electron chi connectivity index (χ3n) is 1.85. The van der Waals surface area contributed by atoms with Crippen LogP contribution in [0.25, 0.3) is 0 Å². The van der Waals surface area contributed by atoms with Crippen LogP contribution in [0, 0.1) is 0 Å². The van der Waals surface area contributed by atoms with Gasteiger partial charge in [-0.1, -0.05) is 19.9 Å². The second-order valence-electron chi connectivity index (χ2n) is 3.13. The molecule has 1 rings (SSSR count). The predicted octanol–water partition coefficient (Wildman–Crippen LogP) is 2.31. The maximum Gasteiger partial charge on any atom is 0.310 e. The summed E-state index contributed by atoms with van der Waals surface area (Å²) in [6.45, 7) is 3.42. The van der Waals surface area contributed by atoms with Crippen LogP contribution in [0.1, 0.15) is 26.7 Å². The van der Waals surface area contributed by atoms with Crippen LogP contribution in [0.3, 0.4) is 0 Å². The van der Waals surface area contributed by atoms with Gasteiger partial charge in [0.15, 0.2) is 0 Å². The fourth-order valence-corrected chi connectivity index (χ4v) is 1.01. The maximum absolute atomic E-state index is 11.0. The largest absolute Gasteiger partial charge is 0.426 e. The van der Waals surface area contributed by atoms with Gasteiger partial charge < -0.3 is 9.47 Å². The average Bonchev–Trinajstić information content (AvgIpc) is 2.29. The molecule has 1 radical (unpaired) electrons. The summed E-state index contributed by atoms with van der Waals surface area (Å²) in [5, 5.41) is 0. The summed E-state index contributed by atoms with van der Waals surface area (Å²) >= 11 is 0. The molecule has 17 heavy (non-hydrogen) atoms. The number of benzene rings is 1. The van der Waals surface area contributed by atoms with Crippen molar-refractivity contribution in [1.82, 2.24) is 0 Å². The molecule has 0 saturated carbocycles. The van der Waals surface area contributed by atoms with E-state index in [1.54, 1.807) is 32.0 Å². The number of rotatable bonds is 4. The van der Waals surface area contributed by atoms with E-state index in [4.69, 9.17) is 9.47 Å². The second kappa shape index (κ2) is 8.06. The molecule has 1 aromatic rings. The Morgan fingerprint density at radius 2 is 1.41 bits per heavy atom. The summed E-state index contributed by atoms with van der Waals surface area (Å²) in [5.74, 6) is 0.124. The molecule has 0 atom stereocenters. The fourth-order valence-electron chi connectivity index (χ4n) is 1.01. The first-order chi connectivity index (χ1) is 7.65. The van der Waals surface area contributed by atoms with Crippen LogP contribution < -0.4 is 9.47 Å². The quantitative estimate of drug-likeness (QED) is 0.483. The minimum Gasteiger partial charge on any atom is -0.426 e. The Balaban J connectivity index is 0.00000256. The van der Waals surface area contributed by atoms with E-state index in [0.717, 1.165) is 0 Å². The molecule has 0 aliphatic heterocycles. The van der Waals surface area contributed by atoms with Gasteiger partial charge in [-0.25, -0.2) is 0 Å². The zero-order valence-corrected chi connectivity index (χ0v) is 11.1. The maximum atomic E-state index is 11.0. The first kappa shape index (κ1) is 15.9. The molecule has 0 bridgehead atoms. The Bertz CT molecular complexity index is 357.